The van der Waals surface area contributed by atoms with E-state index in [2.05, 4.69) is 4.98 Å². The molecule has 1 N–H and O–H groups in total. The number of halogens is 1. The Morgan fingerprint density at radius 3 is 2.81 bits per heavy atom. The maximum absolute atomic E-state index is 12.9. The zero-order chi connectivity index (χ0) is 18.3. The molecule has 0 spiro atoms. The molecule has 1 unspecified atom stereocenters. The van der Waals surface area contributed by atoms with Gasteiger partial charge in [-0.2, -0.15) is 0 Å². The first-order chi connectivity index (χ1) is 12.5. The second-order valence-electron chi connectivity index (χ2n) is 5.79. The summed E-state index contributed by atoms with van der Waals surface area (Å²) < 4.78 is 0.960. The number of rotatable bonds is 4. The maximum atomic E-state index is 12.9. The van der Waals surface area contributed by atoms with Gasteiger partial charge in [0.25, 0.3) is 0 Å². The molecule has 26 heavy (non-hydrogen) atoms. The van der Waals surface area contributed by atoms with E-state index in [1.165, 1.54) is 23.1 Å². The number of carbonyl (C=O) groups is 2. The minimum atomic E-state index is -0.984. The largest absolute Gasteiger partial charge is 0.481 e. The monoisotopic (exact) mass is 404 g/mol. The predicted octanol–water partition coefficient (Wildman–Crippen LogP) is 4.43. The van der Waals surface area contributed by atoms with Gasteiger partial charge in [-0.3, -0.25) is 9.59 Å². The van der Waals surface area contributed by atoms with E-state index >= 15 is 0 Å². The summed E-state index contributed by atoms with van der Waals surface area (Å²) in [5, 5.41) is 9.83. The van der Waals surface area contributed by atoms with Gasteiger partial charge in [-0.1, -0.05) is 29.8 Å². The Kier molecular flexibility index (Phi) is 4.60. The number of para-hydroxylation sites is 2. The van der Waals surface area contributed by atoms with Crippen LogP contribution in [0.25, 0.3) is 10.2 Å². The van der Waals surface area contributed by atoms with Crippen molar-refractivity contribution in [1.29, 1.82) is 0 Å². The lowest BCUT2D eigenvalue weighted by Crippen LogP contribution is -2.41. The smallest absolute Gasteiger partial charge is 0.305 e. The highest BCUT2D eigenvalue weighted by atomic mass is 35.5. The van der Waals surface area contributed by atoms with Crippen LogP contribution in [-0.2, 0) is 16.1 Å². The zero-order valence-electron chi connectivity index (χ0n) is 13.4. The molecule has 0 bridgehead atoms. The third-order valence-corrected chi connectivity index (χ3v) is 6.60. The zero-order valence-corrected chi connectivity index (χ0v) is 15.8. The fourth-order valence-corrected chi connectivity index (χ4v) is 5.36. The van der Waals surface area contributed by atoms with Gasteiger partial charge in [0.2, 0.25) is 5.91 Å². The predicted molar refractivity (Wildman–Crippen MR) is 104 cm³/mol. The summed E-state index contributed by atoms with van der Waals surface area (Å²) in [5.41, 5.74) is 1.51. The normalized spacial score (nSPS) is 16.7. The number of carboxylic acid groups (broad SMARTS) is 1. The van der Waals surface area contributed by atoms with E-state index in [-0.39, 0.29) is 12.3 Å². The first-order valence-electron chi connectivity index (χ1n) is 7.85. The molecule has 3 aromatic rings. The first kappa shape index (κ1) is 17.3. The van der Waals surface area contributed by atoms with E-state index in [0.29, 0.717) is 11.6 Å². The molecule has 0 aliphatic carbocycles. The van der Waals surface area contributed by atoms with Crippen molar-refractivity contribution in [3.63, 3.8) is 0 Å². The second kappa shape index (κ2) is 6.90. The van der Waals surface area contributed by atoms with Crippen molar-refractivity contribution in [3.8, 4) is 0 Å². The first-order valence-corrected chi connectivity index (χ1v) is 9.93. The van der Waals surface area contributed by atoms with Gasteiger partial charge in [-0.05, 0) is 24.3 Å². The SMILES string of the molecule is O=C(O)CC1Sc2ccccc2N(Cc2nc3c(Cl)cccc3s2)C1=O. The van der Waals surface area contributed by atoms with Crippen LogP contribution in [0.5, 0.6) is 0 Å². The summed E-state index contributed by atoms with van der Waals surface area (Å²) in [7, 11) is 0. The second-order valence-corrected chi connectivity index (χ2v) is 8.56. The van der Waals surface area contributed by atoms with Gasteiger partial charge in [-0.15, -0.1) is 23.1 Å². The van der Waals surface area contributed by atoms with Crippen molar-refractivity contribution in [3.05, 3.63) is 52.5 Å². The van der Waals surface area contributed by atoms with Crippen LogP contribution in [0, 0.1) is 0 Å². The summed E-state index contributed by atoms with van der Waals surface area (Å²) in [5.74, 6) is -1.19. The molecule has 1 atom stereocenters. The summed E-state index contributed by atoms with van der Waals surface area (Å²) in [6.07, 6.45) is -0.208. The molecule has 1 aromatic heterocycles. The van der Waals surface area contributed by atoms with Crippen LogP contribution in [0.1, 0.15) is 11.4 Å². The summed E-state index contributed by atoms with van der Waals surface area (Å²) in [4.78, 5) is 31.1. The fourth-order valence-electron chi connectivity index (χ4n) is 2.89. The lowest BCUT2D eigenvalue weighted by atomic mass is 10.2. The van der Waals surface area contributed by atoms with Gasteiger partial charge in [0.1, 0.15) is 10.5 Å². The van der Waals surface area contributed by atoms with Crippen molar-refractivity contribution in [2.24, 2.45) is 0 Å². The van der Waals surface area contributed by atoms with Crippen LogP contribution in [0.2, 0.25) is 5.02 Å². The fraction of sp³-hybridized carbons (Fsp3) is 0.167. The van der Waals surface area contributed by atoms with E-state index in [9.17, 15) is 9.59 Å². The van der Waals surface area contributed by atoms with Gasteiger partial charge in [0.05, 0.1) is 33.6 Å². The Bertz CT molecular complexity index is 1020. The molecular weight excluding hydrogens is 392 g/mol. The number of benzene rings is 2. The van der Waals surface area contributed by atoms with Gasteiger partial charge >= 0.3 is 5.97 Å². The molecule has 0 radical (unpaired) electrons. The maximum Gasteiger partial charge on any atom is 0.305 e. The molecule has 4 rings (SSSR count). The van der Waals surface area contributed by atoms with Gasteiger partial charge in [0, 0.05) is 4.90 Å². The Hall–Kier alpha value is -2.09. The number of anilines is 1. The van der Waals surface area contributed by atoms with E-state index in [1.807, 2.05) is 36.4 Å². The number of hydrogen-bond acceptors (Lipinski definition) is 5. The van der Waals surface area contributed by atoms with Gasteiger partial charge in [-0.25, -0.2) is 4.98 Å². The number of carbonyl (C=O) groups excluding carboxylic acids is 1. The van der Waals surface area contributed by atoms with E-state index in [0.717, 1.165) is 25.8 Å². The van der Waals surface area contributed by atoms with Crippen LogP contribution in [0.4, 0.5) is 5.69 Å². The van der Waals surface area contributed by atoms with Gasteiger partial charge in [0.15, 0.2) is 0 Å². The Morgan fingerprint density at radius 2 is 2.04 bits per heavy atom. The molecule has 5 nitrogen and oxygen atoms in total. The average molecular weight is 405 g/mol. The summed E-state index contributed by atoms with van der Waals surface area (Å²) >= 11 is 8.99. The molecule has 1 aliphatic rings. The van der Waals surface area contributed by atoms with Gasteiger partial charge < -0.3 is 10.0 Å². The Morgan fingerprint density at radius 1 is 1.23 bits per heavy atom. The van der Waals surface area contributed by atoms with E-state index in [4.69, 9.17) is 16.7 Å². The number of thioether (sulfide) groups is 1. The topological polar surface area (TPSA) is 70.5 Å². The molecular formula is C18H13ClN2O3S2. The van der Waals surface area contributed by atoms with Crippen molar-refractivity contribution in [2.75, 3.05) is 4.90 Å². The number of hydrogen-bond donors (Lipinski definition) is 1. The summed E-state index contributed by atoms with van der Waals surface area (Å²) in [6, 6.07) is 13.1. The highest BCUT2D eigenvalue weighted by molar-refractivity contribution is 8.01. The number of fused-ring (bicyclic) bond motifs is 2. The lowest BCUT2D eigenvalue weighted by Gasteiger charge is -2.32. The molecule has 2 aromatic carbocycles. The average Bonchev–Trinajstić information content (AvgIpc) is 3.02. The van der Waals surface area contributed by atoms with Crippen molar-refractivity contribution in [2.45, 2.75) is 23.1 Å². The molecule has 0 fully saturated rings. The molecule has 132 valence electrons. The molecule has 2 heterocycles. The van der Waals surface area contributed by atoms with Crippen LogP contribution < -0.4 is 4.90 Å². The number of nitrogens with zero attached hydrogens (tertiary/aromatic N) is 2. The quantitative estimate of drug-likeness (QED) is 0.696. The highest BCUT2D eigenvalue weighted by Gasteiger charge is 2.35. The Labute approximate surface area is 162 Å². The molecule has 1 amide bonds. The van der Waals surface area contributed by atoms with Crippen molar-refractivity contribution >= 4 is 62.5 Å². The van der Waals surface area contributed by atoms with E-state index < -0.39 is 11.2 Å². The molecule has 8 heteroatoms. The van der Waals surface area contributed by atoms with Crippen molar-refractivity contribution < 1.29 is 14.7 Å². The number of amides is 1. The van der Waals surface area contributed by atoms with E-state index in [1.54, 1.807) is 11.0 Å². The van der Waals surface area contributed by atoms with Crippen LogP contribution >= 0.6 is 34.7 Å². The minimum absolute atomic E-state index is 0.207. The molecule has 0 saturated heterocycles. The third-order valence-electron chi connectivity index (χ3n) is 4.03. The molecule has 1 aliphatic heterocycles. The number of aliphatic carboxylic acids is 1. The number of carboxylic acids is 1. The minimum Gasteiger partial charge on any atom is -0.481 e. The number of thiazole rings is 1. The number of aromatic nitrogens is 1. The lowest BCUT2D eigenvalue weighted by molar-refractivity contribution is -0.138. The Balaban J connectivity index is 1.71. The van der Waals surface area contributed by atoms with Crippen molar-refractivity contribution in [1.82, 2.24) is 4.98 Å². The molecule has 0 saturated carbocycles. The highest BCUT2D eigenvalue weighted by Crippen LogP contribution is 2.41. The summed E-state index contributed by atoms with van der Waals surface area (Å²) in [6.45, 7) is 0.294. The van der Waals surface area contributed by atoms with Crippen LogP contribution in [0.3, 0.4) is 0 Å². The third kappa shape index (κ3) is 3.18. The standard InChI is InChI=1S/C18H13ClN2O3S2/c19-10-4-3-7-13-17(10)20-15(26-13)9-21-11-5-1-2-6-12(11)25-14(18(21)24)8-16(22)23/h1-7,14H,8-9H2,(H,22,23). The van der Waals surface area contributed by atoms with Crippen LogP contribution in [-0.4, -0.2) is 27.2 Å². The van der Waals surface area contributed by atoms with Crippen LogP contribution in [0.15, 0.2) is 47.4 Å².